The molecule has 0 aliphatic heterocycles. The van der Waals surface area contributed by atoms with Crippen LogP contribution in [0.1, 0.15) is 6.42 Å². The molecule has 0 aromatic rings. The molecule has 0 saturated heterocycles. The van der Waals surface area contributed by atoms with Gasteiger partial charge in [-0.1, -0.05) is 17.7 Å². The van der Waals surface area contributed by atoms with Gasteiger partial charge >= 0.3 is 5.97 Å². The zero-order valence-electron chi connectivity index (χ0n) is 6.92. The van der Waals surface area contributed by atoms with Gasteiger partial charge in [-0.15, -0.1) is 11.6 Å². The largest absolute Gasteiger partial charge is 0.467 e. The number of hydrogen-bond donors (Lipinski definition) is 0. The highest BCUT2D eigenvalue weighted by atomic mass is 35.5. The second-order valence-corrected chi connectivity index (χ2v) is 3.94. The van der Waals surface area contributed by atoms with Gasteiger partial charge in [0, 0.05) is 6.42 Å². The Kier molecular flexibility index (Phi) is 2.98. The Bertz CT molecular complexity index is 275. The van der Waals surface area contributed by atoms with Crippen LogP contribution in [-0.4, -0.2) is 29.1 Å². The van der Waals surface area contributed by atoms with E-state index in [0.717, 1.165) is 0 Å². The van der Waals surface area contributed by atoms with Crippen molar-refractivity contribution < 1.29 is 14.3 Å². The highest BCUT2D eigenvalue weighted by molar-refractivity contribution is 6.48. The van der Waals surface area contributed by atoms with Crippen molar-refractivity contribution in [1.29, 1.82) is 0 Å². The van der Waals surface area contributed by atoms with Crippen LogP contribution in [0.25, 0.3) is 0 Å². The lowest BCUT2D eigenvalue weighted by Crippen LogP contribution is -2.45. The van der Waals surface area contributed by atoms with Gasteiger partial charge in [0.15, 0.2) is 5.78 Å². The number of hydrogen-bond acceptors (Lipinski definition) is 3. The van der Waals surface area contributed by atoms with Crippen molar-refractivity contribution in [2.45, 2.75) is 16.7 Å². The van der Waals surface area contributed by atoms with Crippen LogP contribution in [0.3, 0.4) is 0 Å². The number of ether oxygens (including phenoxy) is 1. The molecule has 0 radical (unpaired) electrons. The van der Waals surface area contributed by atoms with Crippen molar-refractivity contribution in [1.82, 2.24) is 0 Å². The van der Waals surface area contributed by atoms with Crippen molar-refractivity contribution in [2.24, 2.45) is 0 Å². The van der Waals surface area contributed by atoms with Gasteiger partial charge < -0.3 is 4.74 Å². The minimum Gasteiger partial charge on any atom is -0.467 e. The van der Waals surface area contributed by atoms with Crippen LogP contribution in [0.2, 0.25) is 0 Å². The molecule has 5 heteroatoms. The molecule has 1 rings (SSSR count). The summed E-state index contributed by atoms with van der Waals surface area (Å²) in [6.45, 7) is 0. The minimum atomic E-state index is -1.63. The normalized spacial score (nSPS) is 33.2. The van der Waals surface area contributed by atoms with Gasteiger partial charge in [-0.2, -0.15) is 0 Å². The van der Waals surface area contributed by atoms with Crippen molar-refractivity contribution in [3.63, 3.8) is 0 Å². The summed E-state index contributed by atoms with van der Waals surface area (Å²) in [5.41, 5.74) is 0. The smallest absolute Gasteiger partial charge is 0.335 e. The standard InChI is InChI=1S/C8H8Cl2O3/c1-13-7(12)8(10)4-5(9)2-3-6(8)11/h2-3,5H,4H2,1H3. The first-order chi connectivity index (χ1) is 6.00. The molecule has 0 aromatic carbocycles. The number of halogens is 2. The van der Waals surface area contributed by atoms with Crippen LogP contribution in [0.5, 0.6) is 0 Å². The monoisotopic (exact) mass is 222 g/mol. The van der Waals surface area contributed by atoms with E-state index in [1.807, 2.05) is 0 Å². The molecule has 0 saturated carbocycles. The van der Waals surface area contributed by atoms with E-state index in [4.69, 9.17) is 23.2 Å². The van der Waals surface area contributed by atoms with E-state index in [1.54, 1.807) is 0 Å². The van der Waals surface area contributed by atoms with Crippen LogP contribution < -0.4 is 0 Å². The van der Waals surface area contributed by atoms with E-state index in [1.165, 1.54) is 19.3 Å². The number of alkyl halides is 2. The molecule has 1 aliphatic rings. The van der Waals surface area contributed by atoms with E-state index in [9.17, 15) is 9.59 Å². The Labute approximate surface area is 85.6 Å². The molecule has 72 valence electrons. The lowest BCUT2D eigenvalue weighted by Gasteiger charge is -2.25. The van der Waals surface area contributed by atoms with Crippen LogP contribution in [0.15, 0.2) is 12.2 Å². The van der Waals surface area contributed by atoms with Crippen LogP contribution >= 0.6 is 23.2 Å². The first kappa shape index (κ1) is 10.5. The molecular formula is C8H8Cl2O3. The molecule has 0 bridgehead atoms. The quantitative estimate of drug-likeness (QED) is 0.382. The topological polar surface area (TPSA) is 43.4 Å². The predicted molar refractivity (Wildman–Crippen MR) is 49.0 cm³/mol. The minimum absolute atomic E-state index is 0.0676. The van der Waals surface area contributed by atoms with Crippen LogP contribution in [-0.2, 0) is 14.3 Å². The Morgan fingerprint density at radius 2 is 2.38 bits per heavy atom. The molecule has 0 amide bonds. The van der Waals surface area contributed by atoms with Crippen molar-refractivity contribution >= 4 is 35.0 Å². The predicted octanol–water partition coefficient (Wildman–Crippen LogP) is 1.27. The second-order valence-electron chi connectivity index (χ2n) is 2.74. The Morgan fingerprint density at radius 3 is 2.92 bits per heavy atom. The third-order valence-corrected chi connectivity index (χ3v) is 2.63. The average molecular weight is 223 g/mol. The fraction of sp³-hybridized carbons (Fsp3) is 0.500. The number of esters is 1. The molecular weight excluding hydrogens is 215 g/mol. The average Bonchev–Trinajstić information content (AvgIpc) is 2.10. The van der Waals surface area contributed by atoms with Crippen molar-refractivity contribution in [2.75, 3.05) is 7.11 Å². The molecule has 0 aromatic heterocycles. The number of carbonyl (C=O) groups is 2. The molecule has 0 fully saturated rings. The van der Waals surface area contributed by atoms with E-state index in [2.05, 4.69) is 4.74 Å². The Balaban J connectivity index is 2.96. The summed E-state index contributed by atoms with van der Waals surface area (Å²) in [6.07, 6.45) is 2.79. The molecule has 0 spiro atoms. The first-order valence-corrected chi connectivity index (χ1v) is 4.46. The molecule has 3 nitrogen and oxygen atoms in total. The van der Waals surface area contributed by atoms with Gasteiger partial charge in [-0.3, -0.25) is 4.79 Å². The Hall–Kier alpha value is -0.540. The summed E-state index contributed by atoms with van der Waals surface area (Å²) in [5, 5.41) is -0.408. The SMILES string of the molecule is COC(=O)C1(Cl)CC(Cl)C=CC1=O. The first-order valence-electron chi connectivity index (χ1n) is 3.64. The van der Waals surface area contributed by atoms with E-state index in [-0.39, 0.29) is 6.42 Å². The zero-order valence-corrected chi connectivity index (χ0v) is 8.43. The number of carbonyl (C=O) groups excluding carboxylic acids is 2. The Morgan fingerprint density at radius 1 is 1.77 bits per heavy atom. The summed E-state index contributed by atoms with van der Waals surface area (Å²) in [5.74, 6) is -1.23. The highest BCUT2D eigenvalue weighted by Gasteiger charge is 2.46. The fourth-order valence-corrected chi connectivity index (χ4v) is 1.80. The molecule has 1 aliphatic carbocycles. The summed E-state index contributed by atoms with van der Waals surface area (Å²) >= 11 is 11.5. The second kappa shape index (κ2) is 3.68. The molecule has 2 atom stereocenters. The van der Waals surface area contributed by atoms with Gasteiger partial charge in [0.2, 0.25) is 4.87 Å². The number of rotatable bonds is 1. The molecule has 13 heavy (non-hydrogen) atoms. The number of allylic oxidation sites excluding steroid dienone is 2. The maximum atomic E-state index is 11.3. The summed E-state index contributed by atoms with van der Waals surface area (Å²) in [6, 6.07) is 0. The fourth-order valence-electron chi connectivity index (χ4n) is 1.11. The lowest BCUT2D eigenvalue weighted by atomic mass is 9.92. The number of methoxy groups -OCH3 is 1. The van der Waals surface area contributed by atoms with Gasteiger partial charge in [-0.25, -0.2) is 4.79 Å². The van der Waals surface area contributed by atoms with E-state index < -0.39 is 22.0 Å². The molecule has 0 N–H and O–H groups in total. The lowest BCUT2D eigenvalue weighted by molar-refractivity contribution is -0.146. The summed E-state index contributed by atoms with van der Waals surface area (Å²) in [7, 11) is 1.18. The van der Waals surface area contributed by atoms with E-state index in [0.29, 0.717) is 0 Å². The van der Waals surface area contributed by atoms with Gasteiger partial charge in [-0.05, 0) is 6.08 Å². The zero-order chi connectivity index (χ0) is 10.1. The maximum Gasteiger partial charge on any atom is 0.335 e. The van der Waals surface area contributed by atoms with Crippen molar-refractivity contribution in [3.8, 4) is 0 Å². The van der Waals surface area contributed by atoms with E-state index >= 15 is 0 Å². The molecule has 0 heterocycles. The van der Waals surface area contributed by atoms with Crippen LogP contribution in [0, 0.1) is 0 Å². The number of ketones is 1. The van der Waals surface area contributed by atoms with Gasteiger partial charge in [0.05, 0.1) is 12.5 Å². The highest BCUT2D eigenvalue weighted by Crippen LogP contribution is 2.31. The third-order valence-electron chi connectivity index (χ3n) is 1.83. The molecule has 2 unspecified atom stereocenters. The summed E-state index contributed by atoms with van der Waals surface area (Å²) in [4.78, 5) is 20.8. The van der Waals surface area contributed by atoms with Gasteiger partial charge in [0.1, 0.15) is 0 Å². The van der Waals surface area contributed by atoms with Crippen molar-refractivity contribution in [3.05, 3.63) is 12.2 Å². The van der Waals surface area contributed by atoms with Crippen LogP contribution in [0.4, 0.5) is 0 Å². The summed E-state index contributed by atoms with van der Waals surface area (Å²) < 4.78 is 4.43. The maximum absolute atomic E-state index is 11.3. The van der Waals surface area contributed by atoms with Gasteiger partial charge in [0.25, 0.3) is 0 Å². The third kappa shape index (κ3) is 1.86.